The maximum Gasteiger partial charge on any atom is 0.269 e. The smallest absolute Gasteiger partial charge is 0.269 e. The second-order valence-electron chi connectivity index (χ2n) is 6.41. The molecule has 1 aliphatic rings. The van der Waals surface area contributed by atoms with E-state index in [4.69, 9.17) is 11.6 Å². The van der Waals surface area contributed by atoms with Crippen molar-refractivity contribution in [1.82, 2.24) is 0 Å². The number of hydrogen-bond donors (Lipinski definition) is 1. The van der Waals surface area contributed by atoms with Crippen molar-refractivity contribution >= 4 is 40.5 Å². The molecular formula is C19H18ClN3O4. The number of halogens is 1. The Morgan fingerprint density at radius 2 is 2.04 bits per heavy atom. The van der Waals surface area contributed by atoms with Crippen LogP contribution < -0.4 is 10.2 Å². The van der Waals surface area contributed by atoms with E-state index in [2.05, 4.69) is 5.32 Å². The summed E-state index contributed by atoms with van der Waals surface area (Å²) < 4.78 is 0. The lowest BCUT2D eigenvalue weighted by molar-refractivity contribution is -0.384. The average Bonchev–Trinajstić information content (AvgIpc) is 2.64. The topological polar surface area (TPSA) is 92.6 Å². The van der Waals surface area contributed by atoms with Crippen molar-refractivity contribution in [1.29, 1.82) is 0 Å². The molecule has 2 aromatic rings. The zero-order chi connectivity index (χ0) is 19.7. The van der Waals surface area contributed by atoms with Crippen molar-refractivity contribution in [3.8, 4) is 0 Å². The fourth-order valence-corrected chi connectivity index (χ4v) is 3.31. The number of nitro benzene ring substituents is 1. The lowest BCUT2D eigenvalue weighted by Gasteiger charge is -2.33. The van der Waals surface area contributed by atoms with Crippen LogP contribution in [0.5, 0.6) is 0 Å². The molecule has 140 valence electrons. The fraction of sp³-hybridized carbons (Fsp3) is 0.263. The van der Waals surface area contributed by atoms with E-state index in [-0.39, 0.29) is 23.9 Å². The first kappa shape index (κ1) is 18.8. The number of aryl methyl sites for hydroxylation is 1. The standard InChI is InChI=1S/C19H18ClN3O4/c1-11-15(20)4-3-5-16(11)21-19(25)12(2)22-17-8-7-14(23(26)27)10-13(17)6-9-18(22)24/h3-5,7-8,10,12H,6,9H2,1-2H3,(H,21,25). The number of non-ortho nitro benzene ring substituents is 1. The van der Waals surface area contributed by atoms with Crippen LogP contribution in [0.4, 0.5) is 17.1 Å². The second-order valence-corrected chi connectivity index (χ2v) is 6.82. The molecule has 0 saturated carbocycles. The van der Waals surface area contributed by atoms with E-state index in [1.807, 2.05) is 0 Å². The van der Waals surface area contributed by atoms with Crippen molar-refractivity contribution in [3.63, 3.8) is 0 Å². The summed E-state index contributed by atoms with van der Waals surface area (Å²) in [6.45, 7) is 3.42. The molecule has 1 aliphatic heterocycles. The van der Waals surface area contributed by atoms with Gasteiger partial charge in [-0.1, -0.05) is 17.7 Å². The van der Waals surface area contributed by atoms with Crippen LogP contribution in [-0.2, 0) is 16.0 Å². The molecule has 3 rings (SSSR count). The van der Waals surface area contributed by atoms with E-state index in [1.54, 1.807) is 32.0 Å². The van der Waals surface area contributed by atoms with Gasteiger partial charge in [0.1, 0.15) is 6.04 Å². The Morgan fingerprint density at radius 1 is 1.30 bits per heavy atom. The molecule has 1 heterocycles. The number of fused-ring (bicyclic) bond motifs is 1. The Morgan fingerprint density at radius 3 is 2.74 bits per heavy atom. The predicted octanol–water partition coefficient (Wildman–Crippen LogP) is 3.86. The van der Waals surface area contributed by atoms with Gasteiger partial charge >= 0.3 is 0 Å². The van der Waals surface area contributed by atoms with Gasteiger partial charge in [0.2, 0.25) is 11.8 Å². The normalized spacial score (nSPS) is 14.5. The zero-order valence-electron chi connectivity index (χ0n) is 14.9. The first-order valence-electron chi connectivity index (χ1n) is 8.45. The summed E-state index contributed by atoms with van der Waals surface area (Å²) in [4.78, 5) is 37.2. The van der Waals surface area contributed by atoms with Gasteiger partial charge in [0, 0.05) is 35.0 Å². The van der Waals surface area contributed by atoms with Crippen molar-refractivity contribution in [3.05, 3.63) is 62.7 Å². The van der Waals surface area contributed by atoms with E-state index in [0.717, 1.165) is 5.56 Å². The number of carbonyl (C=O) groups is 2. The van der Waals surface area contributed by atoms with E-state index in [1.165, 1.54) is 23.1 Å². The molecule has 0 bridgehead atoms. The highest BCUT2D eigenvalue weighted by Gasteiger charge is 2.33. The number of carbonyl (C=O) groups excluding carboxylic acids is 2. The maximum atomic E-state index is 12.7. The highest BCUT2D eigenvalue weighted by atomic mass is 35.5. The number of anilines is 2. The molecule has 0 saturated heterocycles. The second kappa shape index (κ2) is 7.36. The summed E-state index contributed by atoms with van der Waals surface area (Å²) in [5.41, 5.74) is 2.49. The summed E-state index contributed by atoms with van der Waals surface area (Å²) in [5, 5.41) is 14.3. The van der Waals surface area contributed by atoms with Crippen LogP contribution in [0.3, 0.4) is 0 Å². The molecule has 0 aromatic heterocycles. The Balaban J connectivity index is 1.89. The third-order valence-corrected chi connectivity index (χ3v) is 5.11. The summed E-state index contributed by atoms with van der Waals surface area (Å²) in [6.07, 6.45) is 0.607. The van der Waals surface area contributed by atoms with Crippen LogP contribution in [0.25, 0.3) is 0 Å². The van der Waals surface area contributed by atoms with E-state index in [0.29, 0.717) is 28.4 Å². The number of nitrogens with zero attached hydrogens (tertiary/aromatic N) is 2. The van der Waals surface area contributed by atoms with Gasteiger partial charge in [-0.05, 0) is 49.6 Å². The minimum atomic E-state index is -0.781. The van der Waals surface area contributed by atoms with Crippen molar-refractivity contribution < 1.29 is 14.5 Å². The lowest BCUT2D eigenvalue weighted by atomic mass is 9.98. The van der Waals surface area contributed by atoms with Crippen molar-refractivity contribution in [2.24, 2.45) is 0 Å². The molecule has 0 aliphatic carbocycles. The first-order chi connectivity index (χ1) is 12.8. The molecule has 2 amide bonds. The van der Waals surface area contributed by atoms with Crippen molar-refractivity contribution in [2.45, 2.75) is 32.7 Å². The molecule has 2 aromatic carbocycles. The van der Waals surface area contributed by atoms with Crippen LogP contribution in [0.2, 0.25) is 5.02 Å². The molecule has 0 spiro atoms. The highest BCUT2D eigenvalue weighted by molar-refractivity contribution is 6.31. The van der Waals surface area contributed by atoms with E-state index in [9.17, 15) is 19.7 Å². The van der Waals surface area contributed by atoms with Gasteiger partial charge in [-0.3, -0.25) is 24.6 Å². The molecule has 27 heavy (non-hydrogen) atoms. The Hall–Kier alpha value is -2.93. The van der Waals surface area contributed by atoms with Gasteiger partial charge in [0.25, 0.3) is 5.69 Å². The SMILES string of the molecule is Cc1c(Cl)cccc1NC(=O)C(C)N1C(=O)CCc2cc([N+](=O)[O-])ccc21. The monoisotopic (exact) mass is 387 g/mol. The Labute approximate surface area is 161 Å². The average molecular weight is 388 g/mol. The third-order valence-electron chi connectivity index (χ3n) is 4.70. The summed E-state index contributed by atoms with van der Waals surface area (Å²) >= 11 is 6.09. The number of hydrogen-bond acceptors (Lipinski definition) is 4. The van der Waals surface area contributed by atoms with Gasteiger partial charge in [-0.2, -0.15) is 0 Å². The Kier molecular flexibility index (Phi) is 5.14. The van der Waals surface area contributed by atoms with E-state index >= 15 is 0 Å². The fourth-order valence-electron chi connectivity index (χ4n) is 3.14. The summed E-state index contributed by atoms with van der Waals surface area (Å²) in [6, 6.07) is 8.75. The molecule has 0 fully saturated rings. The number of nitro groups is 1. The number of nitrogens with one attached hydrogen (secondary N) is 1. The number of rotatable bonds is 4. The lowest BCUT2D eigenvalue weighted by Crippen LogP contribution is -2.48. The number of benzene rings is 2. The van der Waals surface area contributed by atoms with Gasteiger partial charge in [-0.25, -0.2) is 0 Å². The molecule has 0 radical (unpaired) electrons. The van der Waals surface area contributed by atoms with Gasteiger partial charge in [0.05, 0.1) is 4.92 Å². The highest BCUT2D eigenvalue weighted by Crippen LogP contribution is 2.33. The van der Waals surface area contributed by atoms with Crippen LogP contribution in [0, 0.1) is 17.0 Å². The largest absolute Gasteiger partial charge is 0.324 e. The van der Waals surface area contributed by atoms with Gasteiger partial charge < -0.3 is 5.32 Å². The van der Waals surface area contributed by atoms with Crippen LogP contribution >= 0.6 is 11.6 Å². The van der Waals surface area contributed by atoms with Gasteiger partial charge in [0.15, 0.2) is 0 Å². The molecular weight excluding hydrogens is 370 g/mol. The van der Waals surface area contributed by atoms with Crippen LogP contribution in [0.1, 0.15) is 24.5 Å². The summed E-state index contributed by atoms with van der Waals surface area (Å²) in [7, 11) is 0. The predicted molar refractivity (Wildman–Crippen MR) is 103 cm³/mol. The molecule has 8 heteroatoms. The van der Waals surface area contributed by atoms with Crippen LogP contribution in [-0.4, -0.2) is 22.8 Å². The Bertz CT molecular complexity index is 945. The minimum absolute atomic E-state index is 0.0327. The summed E-state index contributed by atoms with van der Waals surface area (Å²) in [5.74, 6) is -0.554. The maximum absolute atomic E-state index is 12.7. The molecule has 7 nitrogen and oxygen atoms in total. The third kappa shape index (κ3) is 3.64. The zero-order valence-corrected chi connectivity index (χ0v) is 15.6. The molecule has 1 atom stereocenters. The van der Waals surface area contributed by atoms with E-state index < -0.39 is 11.0 Å². The quantitative estimate of drug-likeness (QED) is 0.636. The molecule has 1 N–H and O–H groups in total. The minimum Gasteiger partial charge on any atom is -0.324 e. The van der Waals surface area contributed by atoms with Crippen LogP contribution in [0.15, 0.2) is 36.4 Å². The first-order valence-corrected chi connectivity index (χ1v) is 8.82. The van der Waals surface area contributed by atoms with Gasteiger partial charge in [-0.15, -0.1) is 0 Å². The molecule has 1 unspecified atom stereocenters. The number of amides is 2. The van der Waals surface area contributed by atoms with Crippen molar-refractivity contribution in [2.75, 3.05) is 10.2 Å².